The molecule has 4 nitrogen and oxygen atoms in total. The van der Waals surface area contributed by atoms with E-state index < -0.39 is 0 Å². The molecule has 2 rings (SSSR count). The first-order valence-electron chi connectivity index (χ1n) is 7.56. The van der Waals surface area contributed by atoms with Crippen LogP contribution in [0.25, 0.3) is 0 Å². The molecule has 0 aromatic carbocycles. The van der Waals surface area contributed by atoms with E-state index >= 15 is 0 Å². The molecule has 1 aliphatic rings. The second-order valence-electron chi connectivity index (χ2n) is 6.14. The van der Waals surface area contributed by atoms with Crippen LogP contribution >= 0.6 is 11.8 Å². The molecule has 20 heavy (non-hydrogen) atoms. The maximum atomic E-state index is 4.63. The third-order valence-corrected chi connectivity index (χ3v) is 5.37. The highest BCUT2D eigenvalue weighted by atomic mass is 32.2. The second kappa shape index (κ2) is 6.39. The summed E-state index contributed by atoms with van der Waals surface area (Å²) in [4.78, 5) is 2.52. The second-order valence-corrected chi connectivity index (χ2v) is 7.94. The molecule has 0 radical (unpaired) electrons. The predicted octanol–water partition coefficient (Wildman–Crippen LogP) is 2.56. The van der Waals surface area contributed by atoms with Gasteiger partial charge < -0.3 is 10.2 Å². The molecule has 1 saturated heterocycles. The van der Waals surface area contributed by atoms with E-state index in [2.05, 4.69) is 66.5 Å². The molecule has 1 fully saturated rings. The fraction of sp³-hybridized carbons (Fsp3) is 0.800. The highest BCUT2D eigenvalue weighted by Gasteiger charge is 2.26. The van der Waals surface area contributed by atoms with Crippen LogP contribution in [0.1, 0.15) is 38.4 Å². The number of hydrogen-bond acceptors (Lipinski definition) is 4. The van der Waals surface area contributed by atoms with Gasteiger partial charge in [0.25, 0.3) is 0 Å². The minimum Gasteiger partial charge on any atom is -0.356 e. The smallest absolute Gasteiger partial charge is 0.131 e. The molecule has 1 aliphatic heterocycles. The largest absolute Gasteiger partial charge is 0.356 e. The van der Waals surface area contributed by atoms with Crippen molar-refractivity contribution in [3.63, 3.8) is 0 Å². The Kier molecular flexibility index (Phi) is 5.02. The van der Waals surface area contributed by atoms with Gasteiger partial charge in [-0.2, -0.15) is 16.9 Å². The molecule has 0 spiro atoms. The first-order valence-corrected chi connectivity index (χ1v) is 8.55. The van der Waals surface area contributed by atoms with Crippen LogP contribution in [0.3, 0.4) is 0 Å². The first kappa shape index (κ1) is 15.7. The lowest BCUT2D eigenvalue weighted by Crippen LogP contribution is -2.30. The number of aryl methyl sites for hydroxylation is 2. The summed E-state index contributed by atoms with van der Waals surface area (Å²) in [5, 5.41) is 8.08. The van der Waals surface area contributed by atoms with Gasteiger partial charge in [-0.05, 0) is 19.9 Å². The minimum atomic E-state index is 0.393. The molecule has 0 atom stereocenters. The van der Waals surface area contributed by atoms with Gasteiger partial charge in [0.2, 0.25) is 0 Å². The highest BCUT2D eigenvalue weighted by molar-refractivity contribution is 8.00. The van der Waals surface area contributed by atoms with Gasteiger partial charge in [-0.15, -0.1) is 0 Å². The molecule has 0 aliphatic carbocycles. The van der Waals surface area contributed by atoms with E-state index in [0.717, 1.165) is 31.9 Å². The lowest BCUT2D eigenvalue weighted by atomic mass is 10.1. The average molecular weight is 296 g/mol. The lowest BCUT2D eigenvalue weighted by molar-refractivity contribution is 0.620. The molecule has 1 N–H and O–H groups in total. The number of nitrogens with one attached hydrogen (secondary N) is 1. The van der Waals surface area contributed by atoms with Crippen LogP contribution < -0.4 is 10.2 Å². The van der Waals surface area contributed by atoms with E-state index in [9.17, 15) is 0 Å². The Morgan fingerprint density at radius 1 is 1.35 bits per heavy atom. The zero-order chi connectivity index (χ0) is 14.8. The van der Waals surface area contributed by atoms with Crippen molar-refractivity contribution in [3.05, 3.63) is 11.3 Å². The van der Waals surface area contributed by atoms with Crippen LogP contribution in [0, 0.1) is 6.92 Å². The normalized spacial score (nSPS) is 19.1. The van der Waals surface area contributed by atoms with E-state index in [-0.39, 0.29) is 0 Å². The highest BCUT2D eigenvalue weighted by Crippen LogP contribution is 2.33. The Labute approximate surface area is 127 Å². The van der Waals surface area contributed by atoms with Crippen LogP contribution in [0.2, 0.25) is 0 Å². The lowest BCUT2D eigenvalue weighted by Gasteiger charge is -2.25. The number of rotatable bonds is 4. The van der Waals surface area contributed by atoms with Crippen molar-refractivity contribution in [3.8, 4) is 0 Å². The van der Waals surface area contributed by atoms with Gasteiger partial charge in [0.15, 0.2) is 0 Å². The van der Waals surface area contributed by atoms with Crippen LogP contribution in [0.4, 0.5) is 5.82 Å². The average Bonchev–Trinajstić information content (AvgIpc) is 2.54. The number of thioether (sulfide) groups is 1. The number of aromatic nitrogens is 2. The summed E-state index contributed by atoms with van der Waals surface area (Å²) in [7, 11) is 2.07. The summed E-state index contributed by atoms with van der Waals surface area (Å²) in [6.07, 6.45) is 1.22. The van der Waals surface area contributed by atoms with E-state index in [1.54, 1.807) is 0 Å². The van der Waals surface area contributed by atoms with Crippen molar-refractivity contribution in [2.45, 2.75) is 45.4 Å². The molecule has 114 valence electrons. The SMILES string of the molecule is CCNCc1c(C)nn(C)c1N1CCSC(C)(C)CC1. The maximum Gasteiger partial charge on any atom is 0.131 e. The predicted molar refractivity (Wildman–Crippen MR) is 88.7 cm³/mol. The number of nitrogens with zero attached hydrogens (tertiary/aromatic N) is 3. The molecule has 2 heterocycles. The van der Waals surface area contributed by atoms with Crippen molar-refractivity contribution in [2.75, 3.05) is 30.3 Å². The van der Waals surface area contributed by atoms with Crippen LogP contribution in [-0.2, 0) is 13.6 Å². The van der Waals surface area contributed by atoms with Gasteiger partial charge in [0.1, 0.15) is 5.82 Å². The molecule has 5 heteroatoms. The molecule has 0 bridgehead atoms. The molecule has 0 unspecified atom stereocenters. The summed E-state index contributed by atoms with van der Waals surface area (Å²) in [5.74, 6) is 2.50. The Hall–Kier alpha value is -0.680. The molecular weight excluding hydrogens is 268 g/mol. The summed E-state index contributed by atoms with van der Waals surface area (Å²) >= 11 is 2.09. The van der Waals surface area contributed by atoms with Crippen molar-refractivity contribution >= 4 is 17.6 Å². The van der Waals surface area contributed by atoms with Gasteiger partial charge in [-0.25, -0.2) is 0 Å². The van der Waals surface area contributed by atoms with Crippen LogP contribution in [-0.4, -0.2) is 39.9 Å². The fourth-order valence-electron chi connectivity index (χ4n) is 2.77. The monoisotopic (exact) mass is 296 g/mol. The van der Waals surface area contributed by atoms with Gasteiger partial charge in [-0.1, -0.05) is 20.8 Å². The fourth-order valence-corrected chi connectivity index (χ4v) is 3.87. The van der Waals surface area contributed by atoms with Crippen molar-refractivity contribution < 1.29 is 0 Å². The minimum absolute atomic E-state index is 0.393. The van der Waals surface area contributed by atoms with Gasteiger partial charge in [0, 0.05) is 42.7 Å². The summed E-state index contributed by atoms with van der Waals surface area (Å²) in [6, 6.07) is 0. The summed E-state index contributed by atoms with van der Waals surface area (Å²) < 4.78 is 2.45. The van der Waals surface area contributed by atoms with Gasteiger partial charge >= 0.3 is 0 Å². The molecular formula is C15H28N4S. The molecule has 1 aromatic heterocycles. The van der Waals surface area contributed by atoms with Gasteiger partial charge in [-0.3, -0.25) is 4.68 Å². The molecule has 0 amide bonds. The van der Waals surface area contributed by atoms with Crippen molar-refractivity contribution in [2.24, 2.45) is 7.05 Å². The molecule has 0 saturated carbocycles. The first-order chi connectivity index (χ1) is 9.44. The zero-order valence-corrected chi connectivity index (χ0v) is 14.3. The van der Waals surface area contributed by atoms with E-state index in [4.69, 9.17) is 0 Å². The maximum absolute atomic E-state index is 4.63. The van der Waals surface area contributed by atoms with Crippen LogP contribution in [0.5, 0.6) is 0 Å². The Bertz CT molecular complexity index is 453. The quantitative estimate of drug-likeness (QED) is 0.926. The van der Waals surface area contributed by atoms with E-state index in [1.807, 2.05) is 0 Å². The number of hydrogen-bond donors (Lipinski definition) is 1. The van der Waals surface area contributed by atoms with Crippen molar-refractivity contribution in [1.82, 2.24) is 15.1 Å². The summed E-state index contributed by atoms with van der Waals surface area (Å²) in [5.41, 5.74) is 2.51. The Balaban J connectivity index is 2.22. The standard InChI is InChI=1S/C15H28N4S/c1-6-16-11-13-12(2)17-18(5)14(13)19-8-7-15(3,4)20-10-9-19/h16H,6-11H2,1-5H3. The summed E-state index contributed by atoms with van der Waals surface area (Å²) in [6.45, 7) is 13.1. The van der Waals surface area contributed by atoms with Crippen molar-refractivity contribution in [1.29, 1.82) is 0 Å². The van der Waals surface area contributed by atoms with E-state index in [0.29, 0.717) is 4.75 Å². The third-order valence-electron chi connectivity index (χ3n) is 4.00. The Morgan fingerprint density at radius 2 is 2.10 bits per heavy atom. The number of anilines is 1. The zero-order valence-electron chi connectivity index (χ0n) is 13.5. The topological polar surface area (TPSA) is 33.1 Å². The van der Waals surface area contributed by atoms with Crippen LogP contribution in [0.15, 0.2) is 0 Å². The third kappa shape index (κ3) is 3.50. The Morgan fingerprint density at radius 3 is 2.80 bits per heavy atom. The molecule has 1 aromatic rings. The van der Waals surface area contributed by atoms with E-state index in [1.165, 1.54) is 23.6 Å². The van der Waals surface area contributed by atoms with Gasteiger partial charge in [0.05, 0.1) is 5.69 Å².